The van der Waals surface area contributed by atoms with E-state index in [0.717, 1.165) is 17.6 Å². The SMILES string of the molecule is CC=C(CCc1ccccc1)C(=O)OCc1ccccc1. The molecule has 0 heterocycles. The van der Waals surface area contributed by atoms with Gasteiger partial charge < -0.3 is 4.74 Å². The minimum atomic E-state index is -0.225. The molecule has 0 fully saturated rings. The second-order valence-electron chi connectivity index (χ2n) is 4.86. The minimum absolute atomic E-state index is 0.225. The Hall–Kier alpha value is -2.35. The zero-order valence-corrected chi connectivity index (χ0v) is 12.3. The number of allylic oxidation sites excluding steroid dienone is 1. The highest BCUT2D eigenvalue weighted by Crippen LogP contribution is 2.12. The van der Waals surface area contributed by atoms with Crippen LogP contribution in [0.3, 0.4) is 0 Å². The van der Waals surface area contributed by atoms with E-state index in [1.807, 2.05) is 61.5 Å². The number of esters is 1. The molecule has 108 valence electrons. The Morgan fingerprint density at radius 1 is 0.952 bits per heavy atom. The van der Waals surface area contributed by atoms with Gasteiger partial charge in [-0.2, -0.15) is 0 Å². The standard InChI is InChI=1S/C19H20O2/c1-2-18(14-13-16-9-5-3-6-10-16)19(20)21-15-17-11-7-4-8-12-17/h2-12H,13-15H2,1H3. The van der Waals surface area contributed by atoms with Gasteiger partial charge in [0.25, 0.3) is 0 Å². The highest BCUT2D eigenvalue weighted by atomic mass is 16.5. The van der Waals surface area contributed by atoms with E-state index in [4.69, 9.17) is 4.74 Å². The van der Waals surface area contributed by atoms with Gasteiger partial charge in [-0.1, -0.05) is 66.7 Å². The number of carbonyl (C=O) groups excluding carboxylic acids is 1. The summed E-state index contributed by atoms with van der Waals surface area (Å²) in [7, 11) is 0. The van der Waals surface area contributed by atoms with Gasteiger partial charge in [-0.25, -0.2) is 4.79 Å². The topological polar surface area (TPSA) is 26.3 Å². The summed E-state index contributed by atoms with van der Waals surface area (Å²) in [5.74, 6) is -0.225. The molecule has 0 atom stereocenters. The Balaban J connectivity index is 1.84. The molecule has 2 rings (SSSR count). The van der Waals surface area contributed by atoms with Crippen LogP contribution in [-0.2, 0) is 22.6 Å². The third-order valence-corrected chi connectivity index (χ3v) is 3.35. The molecular weight excluding hydrogens is 260 g/mol. The fourth-order valence-electron chi connectivity index (χ4n) is 2.10. The van der Waals surface area contributed by atoms with Crippen LogP contribution in [-0.4, -0.2) is 5.97 Å². The van der Waals surface area contributed by atoms with Crippen LogP contribution >= 0.6 is 0 Å². The summed E-state index contributed by atoms with van der Waals surface area (Å²) in [6.07, 6.45) is 3.39. The van der Waals surface area contributed by atoms with E-state index in [9.17, 15) is 4.79 Å². The van der Waals surface area contributed by atoms with E-state index < -0.39 is 0 Å². The number of hydrogen-bond donors (Lipinski definition) is 0. The molecule has 0 saturated carbocycles. The first-order chi connectivity index (χ1) is 10.3. The van der Waals surface area contributed by atoms with Crippen molar-refractivity contribution in [3.8, 4) is 0 Å². The van der Waals surface area contributed by atoms with Gasteiger partial charge in [0, 0.05) is 5.57 Å². The molecule has 0 radical (unpaired) electrons. The van der Waals surface area contributed by atoms with Crippen molar-refractivity contribution in [1.29, 1.82) is 0 Å². The molecule has 0 aliphatic carbocycles. The predicted molar refractivity (Wildman–Crippen MR) is 84.8 cm³/mol. The van der Waals surface area contributed by atoms with Gasteiger partial charge in [0.1, 0.15) is 6.61 Å². The van der Waals surface area contributed by atoms with E-state index >= 15 is 0 Å². The lowest BCUT2D eigenvalue weighted by molar-refractivity contribution is -0.140. The van der Waals surface area contributed by atoms with Crippen molar-refractivity contribution in [3.05, 3.63) is 83.4 Å². The lowest BCUT2D eigenvalue weighted by atomic mass is 10.0. The average molecular weight is 280 g/mol. The minimum Gasteiger partial charge on any atom is -0.457 e. The number of aryl methyl sites for hydroxylation is 1. The average Bonchev–Trinajstić information content (AvgIpc) is 2.55. The maximum absolute atomic E-state index is 12.1. The molecule has 0 unspecified atom stereocenters. The Labute approximate surface area is 126 Å². The normalized spacial score (nSPS) is 11.2. The summed E-state index contributed by atoms with van der Waals surface area (Å²) in [4.78, 5) is 12.1. The Kier molecular flexibility index (Phi) is 5.77. The Bertz CT molecular complexity index is 585. The number of benzene rings is 2. The maximum Gasteiger partial charge on any atom is 0.334 e. The van der Waals surface area contributed by atoms with Gasteiger partial charge >= 0.3 is 5.97 Å². The summed E-state index contributed by atoms with van der Waals surface area (Å²) >= 11 is 0. The molecule has 2 nitrogen and oxygen atoms in total. The van der Waals surface area contributed by atoms with E-state index in [-0.39, 0.29) is 5.97 Å². The lowest BCUT2D eigenvalue weighted by Crippen LogP contribution is -2.09. The summed E-state index contributed by atoms with van der Waals surface area (Å²) < 4.78 is 5.36. The number of rotatable bonds is 6. The lowest BCUT2D eigenvalue weighted by Gasteiger charge is -2.08. The summed E-state index contributed by atoms with van der Waals surface area (Å²) in [5, 5.41) is 0. The fourth-order valence-corrected chi connectivity index (χ4v) is 2.10. The molecular formula is C19H20O2. The van der Waals surface area contributed by atoms with Crippen LogP contribution in [0.4, 0.5) is 0 Å². The van der Waals surface area contributed by atoms with Gasteiger partial charge in [-0.05, 0) is 30.9 Å². The van der Waals surface area contributed by atoms with Crippen LogP contribution in [0.25, 0.3) is 0 Å². The van der Waals surface area contributed by atoms with E-state index in [1.54, 1.807) is 0 Å². The van der Waals surface area contributed by atoms with Gasteiger partial charge in [0.05, 0.1) is 0 Å². The number of ether oxygens (including phenoxy) is 1. The van der Waals surface area contributed by atoms with Gasteiger partial charge in [0.2, 0.25) is 0 Å². The molecule has 0 spiro atoms. The second kappa shape index (κ2) is 8.05. The third-order valence-electron chi connectivity index (χ3n) is 3.35. The molecule has 2 aromatic rings. The third kappa shape index (κ3) is 4.92. The van der Waals surface area contributed by atoms with Gasteiger partial charge in [0.15, 0.2) is 0 Å². The van der Waals surface area contributed by atoms with Crippen molar-refractivity contribution in [3.63, 3.8) is 0 Å². The van der Waals surface area contributed by atoms with E-state index in [2.05, 4.69) is 12.1 Å². The fraction of sp³-hybridized carbons (Fsp3) is 0.211. The number of carbonyl (C=O) groups is 1. The molecule has 21 heavy (non-hydrogen) atoms. The predicted octanol–water partition coefficient (Wildman–Crippen LogP) is 4.31. The largest absolute Gasteiger partial charge is 0.457 e. The monoisotopic (exact) mass is 280 g/mol. The molecule has 0 aliphatic rings. The van der Waals surface area contributed by atoms with Crippen molar-refractivity contribution < 1.29 is 9.53 Å². The molecule has 0 aliphatic heterocycles. The smallest absolute Gasteiger partial charge is 0.334 e. The van der Waals surface area contributed by atoms with Crippen LogP contribution in [0.15, 0.2) is 72.3 Å². The number of hydrogen-bond acceptors (Lipinski definition) is 2. The molecule has 2 aromatic carbocycles. The van der Waals surface area contributed by atoms with Crippen LogP contribution < -0.4 is 0 Å². The van der Waals surface area contributed by atoms with Gasteiger partial charge in [-0.15, -0.1) is 0 Å². The summed E-state index contributed by atoms with van der Waals surface area (Å²) in [6, 6.07) is 19.9. The molecule has 0 aromatic heterocycles. The Morgan fingerprint density at radius 3 is 2.10 bits per heavy atom. The first kappa shape index (κ1) is 15.0. The molecule has 0 bridgehead atoms. The maximum atomic E-state index is 12.1. The second-order valence-corrected chi connectivity index (χ2v) is 4.86. The van der Waals surface area contributed by atoms with Crippen molar-refractivity contribution in [1.82, 2.24) is 0 Å². The first-order valence-electron chi connectivity index (χ1n) is 7.19. The van der Waals surface area contributed by atoms with Crippen LogP contribution in [0.2, 0.25) is 0 Å². The first-order valence-corrected chi connectivity index (χ1v) is 7.19. The summed E-state index contributed by atoms with van der Waals surface area (Å²) in [5.41, 5.74) is 2.96. The molecule has 0 saturated heterocycles. The van der Waals surface area contributed by atoms with E-state index in [1.165, 1.54) is 5.56 Å². The highest BCUT2D eigenvalue weighted by molar-refractivity contribution is 5.88. The zero-order valence-electron chi connectivity index (χ0n) is 12.3. The highest BCUT2D eigenvalue weighted by Gasteiger charge is 2.10. The quantitative estimate of drug-likeness (QED) is 0.582. The molecule has 0 N–H and O–H groups in total. The van der Waals surface area contributed by atoms with Crippen molar-refractivity contribution in [2.75, 3.05) is 0 Å². The van der Waals surface area contributed by atoms with Crippen LogP contribution in [0.5, 0.6) is 0 Å². The van der Waals surface area contributed by atoms with Gasteiger partial charge in [-0.3, -0.25) is 0 Å². The molecule has 2 heteroatoms. The van der Waals surface area contributed by atoms with Crippen LogP contribution in [0, 0.1) is 0 Å². The molecule has 0 amide bonds. The zero-order chi connectivity index (χ0) is 14.9. The van der Waals surface area contributed by atoms with Crippen LogP contribution in [0.1, 0.15) is 24.5 Å². The van der Waals surface area contributed by atoms with Crippen molar-refractivity contribution >= 4 is 5.97 Å². The Morgan fingerprint density at radius 2 is 1.52 bits per heavy atom. The van der Waals surface area contributed by atoms with Crippen molar-refractivity contribution in [2.45, 2.75) is 26.4 Å². The van der Waals surface area contributed by atoms with E-state index in [0.29, 0.717) is 13.0 Å². The van der Waals surface area contributed by atoms with Crippen molar-refractivity contribution in [2.24, 2.45) is 0 Å². The summed E-state index contributed by atoms with van der Waals surface area (Å²) in [6.45, 7) is 2.20.